The second-order valence-electron chi connectivity index (χ2n) is 4.20. The average Bonchev–Trinajstić information content (AvgIpc) is 2.91. The van der Waals surface area contributed by atoms with Crippen molar-refractivity contribution in [2.75, 3.05) is 5.73 Å². The molecule has 0 saturated heterocycles. The van der Waals surface area contributed by atoms with E-state index in [1.807, 2.05) is 6.92 Å². The highest BCUT2D eigenvalue weighted by atomic mass is 16.6. The third-order valence-corrected chi connectivity index (χ3v) is 2.69. The number of benzene rings is 1. The number of anilines is 1. The van der Waals surface area contributed by atoms with Gasteiger partial charge in [0.25, 0.3) is 5.91 Å². The van der Waals surface area contributed by atoms with Gasteiger partial charge >= 0.3 is 5.88 Å². The minimum atomic E-state index is -0.662. The van der Waals surface area contributed by atoms with Gasteiger partial charge in [-0.05, 0) is 30.7 Å². The third kappa shape index (κ3) is 3.44. The molecule has 0 bridgehead atoms. The van der Waals surface area contributed by atoms with Gasteiger partial charge < -0.3 is 10.2 Å². The Bertz CT molecular complexity index is 721. The van der Waals surface area contributed by atoms with Crippen LogP contribution in [0.25, 0.3) is 0 Å². The number of rotatable bonds is 4. The first-order chi connectivity index (χ1) is 9.97. The van der Waals surface area contributed by atoms with E-state index in [2.05, 4.69) is 10.5 Å². The third-order valence-electron chi connectivity index (χ3n) is 2.69. The molecule has 8 nitrogen and oxygen atoms in total. The largest absolute Gasteiger partial charge is 0.433 e. The van der Waals surface area contributed by atoms with Crippen molar-refractivity contribution in [2.24, 2.45) is 5.10 Å². The maximum atomic E-state index is 11.8. The van der Waals surface area contributed by atoms with Crippen LogP contribution in [0, 0.1) is 17.0 Å². The molecule has 1 amide bonds. The lowest BCUT2D eigenvalue weighted by Gasteiger charge is -2.03. The van der Waals surface area contributed by atoms with Crippen LogP contribution in [0.1, 0.15) is 21.7 Å². The van der Waals surface area contributed by atoms with E-state index in [9.17, 15) is 14.9 Å². The molecule has 1 aromatic carbocycles. The molecule has 21 heavy (non-hydrogen) atoms. The van der Waals surface area contributed by atoms with Crippen LogP contribution in [0.3, 0.4) is 0 Å². The molecule has 2 aromatic rings. The van der Waals surface area contributed by atoms with Crippen LogP contribution in [-0.4, -0.2) is 17.0 Å². The van der Waals surface area contributed by atoms with Crippen LogP contribution in [0.2, 0.25) is 0 Å². The smallest absolute Gasteiger partial charge is 0.400 e. The molecule has 0 spiro atoms. The number of hydrazone groups is 1. The average molecular weight is 288 g/mol. The summed E-state index contributed by atoms with van der Waals surface area (Å²) < 4.78 is 4.85. The van der Waals surface area contributed by atoms with Crippen LogP contribution in [0.15, 0.2) is 39.9 Å². The maximum absolute atomic E-state index is 11.8. The zero-order valence-corrected chi connectivity index (χ0v) is 11.1. The predicted molar refractivity (Wildman–Crippen MR) is 76.0 cm³/mol. The van der Waals surface area contributed by atoms with Crippen molar-refractivity contribution in [3.63, 3.8) is 0 Å². The Morgan fingerprint density at radius 3 is 2.81 bits per heavy atom. The lowest BCUT2D eigenvalue weighted by molar-refractivity contribution is -0.402. The monoisotopic (exact) mass is 288 g/mol. The van der Waals surface area contributed by atoms with Crippen LogP contribution < -0.4 is 11.2 Å². The van der Waals surface area contributed by atoms with Crippen molar-refractivity contribution in [2.45, 2.75) is 6.92 Å². The van der Waals surface area contributed by atoms with Crippen LogP contribution in [0.5, 0.6) is 0 Å². The zero-order valence-electron chi connectivity index (χ0n) is 11.1. The van der Waals surface area contributed by atoms with Gasteiger partial charge in [0.2, 0.25) is 0 Å². The van der Waals surface area contributed by atoms with E-state index >= 15 is 0 Å². The Morgan fingerprint density at radius 2 is 2.19 bits per heavy atom. The number of furan rings is 1. The molecular formula is C13H12N4O4. The van der Waals surface area contributed by atoms with Gasteiger partial charge in [0.1, 0.15) is 4.92 Å². The summed E-state index contributed by atoms with van der Waals surface area (Å²) in [5, 5.41) is 14.1. The molecule has 0 saturated carbocycles. The fraction of sp³-hybridized carbons (Fsp3) is 0.0769. The quantitative estimate of drug-likeness (QED) is 0.384. The zero-order chi connectivity index (χ0) is 15.4. The Morgan fingerprint density at radius 1 is 1.43 bits per heavy atom. The number of hydrogen-bond acceptors (Lipinski definition) is 6. The van der Waals surface area contributed by atoms with Gasteiger partial charge in [0, 0.05) is 11.3 Å². The molecule has 0 unspecified atom stereocenters. The summed E-state index contributed by atoms with van der Waals surface area (Å²) in [5.74, 6) is -0.682. The number of aryl methyl sites for hydroxylation is 1. The number of nitro groups is 1. The van der Waals surface area contributed by atoms with E-state index in [1.54, 1.807) is 12.1 Å². The minimum Gasteiger partial charge on any atom is -0.400 e. The molecule has 0 aliphatic rings. The molecule has 0 aliphatic carbocycles. The summed E-state index contributed by atoms with van der Waals surface area (Å²) in [6.45, 7) is 1.83. The molecule has 1 aromatic heterocycles. The first-order valence-electron chi connectivity index (χ1n) is 5.91. The van der Waals surface area contributed by atoms with Crippen LogP contribution in [0.4, 0.5) is 11.6 Å². The van der Waals surface area contributed by atoms with Gasteiger partial charge in [-0.3, -0.25) is 14.9 Å². The van der Waals surface area contributed by atoms with E-state index in [4.69, 9.17) is 10.2 Å². The summed E-state index contributed by atoms with van der Waals surface area (Å²) in [7, 11) is 0. The summed E-state index contributed by atoms with van der Waals surface area (Å²) in [6.07, 6.45) is 1.17. The van der Waals surface area contributed by atoms with E-state index < -0.39 is 16.7 Å². The van der Waals surface area contributed by atoms with Crippen molar-refractivity contribution in [3.05, 3.63) is 57.3 Å². The predicted octanol–water partition coefficient (Wildman–Crippen LogP) is 1.84. The van der Waals surface area contributed by atoms with E-state index in [0.717, 1.165) is 5.56 Å². The number of carbonyl (C=O) groups excluding carboxylic acids is 1. The molecule has 0 fully saturated rings. The molecule has 0 atom stereocenters. The number of nitrogens with two attached hydrogens (primary N) is 1. The summed E-state index contributed by atoms with van der Waals surface area (Å²) in [4.78, 5) is 21.6. The number of nitrogens with one attached hydrogen (secondary N) is 1. The molecule has 3 N–H and O–H groups in total. The van der Waals surface area contributed by atoms with E-state index in [0.29, 0.717) is 11.3 Å². The van der Waals surface area contributed by atoms with Crippen molar-refractivity contribution < 1.29 is 14.1 Å². The Kier molecular flexibility index (Phi) is 3.98. The lowest BCUT2D eigenvalue weighted by Crippen LogP contribution is -2.17. The second kappa shape index (κ2) is 5.87. The topological polar surface area (TPSA) is 124 Å². The molecule has 8 heteroatoms. The number of hydrogen-bond donors (Lipinski definition) is 2. The van der Waals surface area contributed by atoms with Crippen LogP contribution >= 0.6 is 0 Å². The Hall–Kier alpha value is -3.16. The van der Waals surface area contributed by atoms with E-state index in [-0.39, 0.29) is 5.76 Å². The first-order valence-corrected chi connectivity index (χ1v) is 5.91. The highest BCUT2D eigenvalue weighted by Crippen LogP contribution is 2.14. The maximum Gasteiger partial charge on any atom is 0.433 e. The minimum absolute atomic E-state index is 0.158. The van der Waals surface area contributed by atoms with Gasteiger partial charge in [-0.25, -0.2) is 5.43 Å². The van der Waals surface area contributed by atoms with Gasteiger partial charge in [-0.2, -0.15) is 5.10 Å². The normalized spacial score (nSPS) is 10.7. The highest BCUT2D eigenvalue weighted by Gasteiger charge is 2.10. The molecular weight excluding hydrogens is 276 g/mol. The van der Waals surface area contributed by atoms with Gasteiger partial charge in [0.15, 0.2) is 5.76 Å². The van der Waals surface area contributed by atoms with Crippen molar-refractivity contribution >= 4 is 23.7 Å². The standard InChI is InChI=1S/C13H12N4O4/c1-8-2-3-9(6-11(8)14)13(18)16-15-7-10-4-5-12(21-10)17(19)20/h2-7H,14H2,1H3,(H,16,18)/b15-7+. The van der Waals surface area contributed by atoms with Crippen molar-refractivity contribution in [1.29, 1.82) is 0 Å². The summed E-state index contributed by atoms with van der Waals surface area (Å²) in [6, 6.07) is 7.46. The molecule has 2 rings (SSSR count). The summed E-state index contributed by atoms with van der Waals surface area (Å²) >= 11 is 0. The number of nitrogens with zero attached hydrogens (tertiary/aromatic N) is 2. The van der Waals surface area contributed by atoms with E-state index in [1.165, 1.54) is 24.4 Å². The van der Waals surface area contributed by atoms with Crippen molar-refractivity contribution in [1.82, 2.24) is 5.43 Å². The van der Waals surface area contributed by atoms with Gasteiger partial charge in [-0.15, -0.1) is 0 Å². The van der Waals surface area contributed by atoms with Gasteiger partial charge in [-0.1, -0.05) is 6.07 Å². The number of carbonyl (C=O) groups is 1. The summed E-state index contributed by atoms with van der Waals surface area (Å²) in [5.41, 5.74) is 9.73. The Labute approximate surface area is 119 Å². The van der Waals surface area contributed by atoms with Crippen molar-refractivity contribution in [3.8, 4) is 0 Å². The molecule has 1 heterocycles. The lowest BCUT2D eigenvalue weighted by atomic mass is 10.1. The highest BCUT2D eigenvalue weighted by molar-refractivity contribution is 5.95. The first kappa shape index (κ1) is 14.3. The molecule has 0 aliphatic heterocycles. The second-order valence-corrected chi connectivity index (χ2v) is 4.20. The Balaban J connectivity index is 2.01. The SMILES string of the molecule is Cc1ccc(C(=O)N/N=C/c2ccc([N+](=O)[O-])o2)cc1N. The fourth-order valence-corrected chi connectivity index (χ4v) is 1.51. The van der Waals surface area contributed by atoms with Crippen LogP contribution in [-0.2, 0) is 0 Å². The van der Waals surface area contributed by atoms with Gasteiger partial charge in [0.05, 0.1) is 12.3 Å². The number of nitrogen functional groups attached to an aromatic ring is 1. The number of amides is 1. The molecule has 108 valence electrons. The fourth-order valence-electron chi connectivity index (χ4n) is 1.51. The molecule has 0 radical (unpaired) electrons.